The van der Waals surface area contributed by atoms with Gasteiger partial charge in [0, 0.05) is 6.42 Å². The molecule has 4 nitrogen and oxygen atoms in total. The van der Waals surface area contributed by atoms with Gasteiger partial charge in [-0.3, -0.25) is 13.6 Å². The van der Waals surface area contributed by atoms with Gasteiger partial charge in [0.15, 0.2) is 11.7 Å². The lowest BCUT2D eigenvalue weighted by Gasteiger charge is -2.39. The minimum absolute atomic E-state index is 0.595. The zero-order valence-electron chi connectivity index (χ0n) is 22.8. The van der Waals surface area contributed by atoms with Crippen molar-refractivity contribution >= 4 is 7.82 Å². The van der Waals surface area contributed by atoms with E-state index < -0.39 is 117 Å². The summed E-state index contributed by atoms with van der Waals surface area (Å²) in [5.41, 5.74) is 0. The molecule has 0 aromatic heterocycles. The van der Waals surface area contributed by atoms with Crippen molar-refractivity contribution in [2.75, 3.05) is 19.8 Å². The Morgan fingerprint density at radius 2 is 0.812 bits per heavy atom. The predicted octanol–water partition coefficient (Wildman–Crippen LogP) is 10.6. The summed E-state index contributed by atoms with van der Waals surface area (Å²) in [5, 5.41) is 0. The van der Waals surface area contributed by atoms with Crippen molar-refractivity contribution in [3.63, 3.8) is 0 Å². The fourth-order valence-electron chi connectivity index (χ4n) is 2.72. The molecular weight excluding hydrogens is 772 g/mol. The molecule has 0 radical (unpaired) electrons. The molecule has 48 heavy (non-hydrogen) atoms. The summed E-state index contributed by atoms with van der Waals surface area (Å²) in [5.74, 6) is -80.0. The van der Waals surface area contributed by atoms with Crippen LogP contribution >= 0.6 is 7.82 Å². The van der Waals surface area contributed by atoms with Crippen LogP contribution in [0.4, 0.5) is 101 Å². The van der Waals surface area contributed by atoms with E-state index in [0.717, 1.165) is 13.8 Å². The molecule has 0 rings (SSSR count). The average Bonchev–Trinajstić information content (AvgIpc) is 2.89. The average molecular weight is 788 g/mol. The number of phosphoric acid groups is 1. The van der Waals surface area contributed by atoms with E-state index in [4.69, 9.17) is 0 Å². The quantitative estimate of drug-likeness (QED) is 0.0789. The fraction of sp³-hybridized carbons (Fsp3) is 0.800. The smallest absolute Gasteiger partial charge is 0.287 e. The van der Waals surface area contributed by atoms with Gasteiger partial charge in [-0.2, -0.15) is 92.2 Å². The van der Waals surface area contributed by atoms with E-state index in [2.05, 4.69) is 13.6 Å². The number of phosphoric ester groups is 1. The monoisotopic (exact) mass is 788 g/mol. The molecule has 0 aliphatic carbocycles. The van der Waals surface area contributed by atoms with Crippen LogP contribution in [0.15, 0.2) is 23.8 Å². The maximum absolute atomic E-state index is 14.0. The number of rotatable bonds is 18. The second kappa shape index (κ2) is 13.9. The van der Waals surface area contributed by atoms with Crippen LogP contribution in [0.2, 0.25) is 0 Å². The lowest BCUT2D eigenvalue weighted by molar-refractivity contribution is -0.419. The number of hydrogen-bond donors (Lipinski definition) is 0. The van der Waals surface area contributed by atoms with Crippen molar-refractivity contribution in [1.82, 2.24) is 0 Å². The van der Waals surface area contributed by atoms with E-state index in [0.29, 0.717) is 0 Å². The standard InChI is InChI=1S/C20H16F23O4P/c1-3-45-48(44,46-4-2)47-8-7-11(23,24)14(29,30)17(35,36)15(31,32)12(25,26)9(21)5-6-10(22)13(27,28)16(33,34)18(37,38)19(39,40)20(41,42)43/h5-6H,3-4,7-8H2,1-2H3/b9-5-,10-6-. The molecule has 0 fully saturated rings. The Morgan fingerprint density at radius 1 is 0.500 bits per heavy atom. The molecule has 0 aliphatic heterocycles. The Balaban J connectivity index is 6.62. The third kappa shape index (κ3) is 7.66. The molecule has 0 aromatic carbocycles. The van der Waals surface area contributed by atoms with Crippen molar-refractivity contribution in [3.05, 3.63) is 23.8 Å². The normalized spacial score (nSPS) is 16.5. The largest absolute Gasteiger partial charge is 0.474 e. The molecule has 28 heteroatoms. The highest BCUT2D eigenvalue weighted by molar-refractivity contribution is 7.48. The van der Waals surface area contributed by atoms with E-state index in [1.54, 1.807) is 0 Å². The Labute approximate surface area is 251 Å². The first-order valence-electron chi connectivity index (χ1n) is 11.6. The second-order valence-corrected chi connectivity index (χ2v) is 10.4. The summed E-state index contributed by atoms with van der Waals surface area (Å²) in [6.45, 7) is -1.15. The fourth-order valence-corrected chi connectivity index (χ4v) is 3.89. The molecule has 0 N–H and O–H groups in total. The topological polar surface area (TPSA) is 44.8 Å². The molecule has 286 valence electrons. The molecule has 0 aromatic rings. The van der Waals surface area contributed by atoms with Crippen molar-refractivity contribution in [1.29, 1.82) is 0 Å². The SMILES string of the molecule is CCOP(=O)(OCC)OCCC(F)(F)C(F)(F)C(F)(F)C(F)(F)C(F)(F)/C(F)=C/C=C(\F)C(F)(F)C(F)(F)C(F)(F)C(F)(F)C(F)(F)F. The van der Waals surface area contributed by atoms with Gasteiger partial charge in [-0.1, -0.05) is 0 Å². The van der Waals surface area contributed by atoms with Crippen molar-refractivity contribution < 1.29 is 119 Å². The molecule has 0 amide bonds. The van der Waals surface area contributed by atoms with Crippen LogP contribution < -0.4 is 0 Å². The lowest BCUT2D eigenvalue weighted by Crippen LogP contribution is -2.67. The highest BCUT2D eigenvalue weighted by Crippen LogP contribution is 2.61. The Morgan fingerprint density at radius 3 is 1.10 bits per heavy atom. The van der Waals surface area contributed by atoms with Gasteiger partial charge in [-0.15, -0.1) is 0 Å². The first kappa shape index (κ1) is 46.0. The van der Waals surface area contributed by atoms with Gasteiger partial charge < -0.3 is 0 Å². The van der Waals surface area contributed by atoms with Gasteiger partial charge in [0.05, 0.1) is 19.8 Å². The third-order valence-corrected chi connectivity index (χ3v) is 7.04. The van der Waals surface area contributed by atoms with Gasteiger partial charge in [0.25, 0.3) is 0 Å². The molecule has 0 aliphatic rings. The van der Waals surface area contributed by atoms with E-state index in [9.17, 15) is 106 Å². The highest BCUT2D eigenvalue weighted by Gasteiger charge is 2.88. The zero-order valence-corrected chi connectivity index (χ0v) is 23.7. The van der Waals surface area contributed by atoms with Crippen LogP contribution in [0.1, 0.15) is 20.3 Å². The number of halogens is 23. The van der Waals surface area contributed by atoms with Crippen LogP contribution in [0.3, 0.4) is 0 Å². The van der Waals surface area contributed by atoms with Crippen LogP contribution in [-0.4, -0.2) is 79.3 Å². The lowest BCUT2D eigenvalue weighted by atomic mass is 9.92. The summed E-state index contributed by atoms with van der Waals surface area (Å²) in [6.07, 6.45) is -14.9. The molecule has 0 saturated carbocycles. The predicted molar refractivity (Wildman–Crippen MR) is 110 cm³/mol. The number of hydrogen-bond acceptors (Lipinski definition) is 4. The highest BCUT2D eigenvalue weighted by atomic mass is 31.2. The van der Waals surface area contributed by atoms with E-state index in [-0.39, 0.29) is 0 Å². The molecule has 0 bridgehead atoms. The Bertz CT molecular complexity index is 1210. The van der Waals surface area contributed by atoms with Crippen molar-refractivity contribution in [2.24, 2.45) is 0 Å². The van der Waals surface area contributed by atoms with Gasteiger partial charge in [0.2, 0.25) is 0 Å². The van der Waals surface area contributed by atoms with Gasteiger partial charge in [0.1, 0.15) is 0 Å². The maximum atomic E-state index is 14.0. The Kier molecular flexibility index (Phi) is 13.4. The van der Waals surface area contributed by atoms with Crippen LogP contribution in [0, 0.1) is 0 Å². The minimum Gasteiger partial charge on any atom is -0.287 e. The van der Waals surface area contributed by atoms with Crippen molar-refractivity contribution in [3.8, 4) is 0 Å². The van der Waals surface area contributed by atoms with Gasteiger partial charge in [-0.05, 0) is 26.0 Å². The molecule has 0 heterocycles. The van der Waals surface area contributed by atoms with Gasteiger partial charge in [-0.25, -0.2) is 13.3 Å². The summed E-state index contributed by atoms with van der Waals surface area (Å²) in [7, 11) is -4.89. The molecule has 0 atom stereocenters. The minimum atomic E-state index is -8.33. The van der Waals surface area contributed by atoms with Crippen LogP contribution in [0.25, 0.3) is 0 Å². The van der Waals surface area contributed by atoms with Crippen LogP contribution in [-0.2, 0) is 18.1 Å². The van der Waals surface area contributed by atoms with E-state index in [1.807, 2.05) is 0 Å². The summed E-state index contributed by atoms with van der Waals surface area (Å²) < 4.78 is 333. The van der Waals surface area contributed by atoms with E-state index >= 15 is 0 Å². The molecular formula is C20H16F23O4P. The zero-order chi connectivity index (χ0) is 39.0. The number of allylic oxidation sites excluding steroid dienone is 4. The summed E-state index contributed by atoms with van der Waals surface area (Å²) in [6, 6.07) is 0. The Hall–Kier alpha value is -2.02. The number of alkyl halides is 21. The molecule has 0 spiro atoms. The summed E-state index contributed by atoms with van der Waals surface area (Å²) in [4.78, 5) is 0. The third-order valence-electron chi connectivity index (χ3n) is 5.40. The van der Waals surface area contributed by atoms with Gasteiger partial charge >= 0.3 is 67.3 Å². The maximum Gasteiger partial charge on any atom is 0.474 e. The molecule has 0 unspecified atom stereocenters. The first-order chi connectivity index (χ1) is 20.9. The van der Waals surface area contributed by atoms with Crippen LogP contribution in [0.5, 0.6) is 0 Å². The second-order valence-electron chi connectivity index (χ2n) is 8.69. The first-order valence-corrected chi connectivity index (χ1v) is 13.1. The van der Waals surface area contributed by atoms with Crippen molar-refractivity contribution in [2.45, 2.75) is 79.7 Å². The van der Waals surface area contributed by atoms with E-state index in [1.165, 1.54) is 0 Å². The molecule has 0 saturated heterocycles. The summed E-state index contributed by atoms with van der Waals surface area (Å²) >= 11 is 0.